The molecule has 0 saturated carbocycles. The van der Waals surface area contributed by atoms with E-state index >= 15 is 0 Å². The summed E-state index contributed by atoms with van der Waals surface area (Å²) in [5, 5.41) is 5.64. The summed E-state index contributed by atoms with van der Waals surface area (Å²) in [5.41, 5.74) is 0.765. The second-order valence-corrected chi connectivity index (χ2v) is 7.57. The van der Waals surface area contributed by atoms with Crippen molar-refractivity contribution in [2.45, 2.75) is 25.3 Å². The highest BCUT2D eigenvalue weighted by molar-refractivity contribution is 5.93. The van der Waals surface area contributed by atoms with Crippen LogP contribution in [-0.4, -0.2) is 79.4 Å². The molecule has 0 aliphatic carbocycles. The predicted octanol–water partition coefficient (Wildman–Crippen LogP) is 0.227. The van der Waals surface area contributed by atoms with Gasteiger partial charge < -0.3 is 20.3 Å². The number of rotatable bonds is 6. The minimum Gasteiger partial charge on any atom is -0.469 e. The molecule has 9 nitrogen and oxygen atoms in total. The van der Waals surface area contributed by atoms with Crippen LogP contribution in [0.4, 0.5) is 5.69 Å². The van der Waals surface area contributed by atoms with Crippen molar-refractivity contribution >= 4 is 29.4 Å². The molecule has 0 bridgehead atoms. The molecular formula is C21H28N4O5. The number of carbonyl (C=O) groups is 4. The van der Waals surface area contributed by atoms with E-state index in [9.17, 15) is 19.2 Å². The Bertz CT molecular complexity index is 777. The molecule has 0 radical (unpaired) electrons. The fourth-order valence-corrected chi connectivity index (χ4v) is 3.85. The van der Waals surface area contributed by atoms with E-state index in [1.807, 2.05) is 30.3 Å². The zero-order chi connectivity index (χ0) is 21.5. The van der Waals surface area contributed by atoms with Crippen LogP contribution in [0.25, 0.3) is 0 Å². The highest BCUT2D eigenvalue weighted by Crippen LogP contribution is 2.20. The van der Waals surface area contributed by atoms with Crippen LogP contribution in [0.1, 0.15) is 19.3 Å². The largest absolute Gasteiger partial charge is 0.469 e. The third kappa shape index (κ3) is 5.56. The molecule has 3 amide bonds. The van der Waals surface area contributed by atoms with Gasteiger partial charge in [0.2, 0.25) is 17.7 Å². The lowest BCUT2D eigenvalue weighted by Gasteiger charge is -2.37. The SMILES string of the molecule is COC(=O)C[C@@H]1C(=O)NCCN1CC(=O)N1CCC(C(=O)Nc2ccccc2)CC1. The Labute approximate surface area is 175 Å². The second kappa shape index (κ2) is 10.2. The molecule has 9 heteroatoms. The maximum Gasteiger partial charge on any atom is 0.307 e. The first-order chi connectivity index (χ1) is 14.5. The van der Waals surface area contributed by atoms with Crippen LogP contribution in [0.15, 0.2) is 30.3 Å². The van der Waals surface area contributed by atoms with Gasteiger partial charge in [0.25, 0.3) is 0 Å². The molecular weight excluding hydrogens is 388 g/mol. The number of carbonyl (C=O) groups excluding carboxylic acids is 4. The molecule has 2 saturated heterocycles. The summed E-state index contributed by atoms with van der Waals surface area (Å²) in [7, 11) is 1.27. The maximum atomic E-state index is 12.8. The van der Waals surface area contributed by atoms with Gasteiger partial charge in [-0.15, -0.1) is 0 Å². The number of esters is 1. The maximum absolute atomic E-state index is 12.8. The lowest BCUT2D eigenvalue weighted by atomic mass is 9.95. The van der Waals surface area contributed by atoms with Crippen LogP contribution < -0.4 is 10.6 Å². The van der Waals surface area contributed by atoms with E-state index in [2.05, 4.69) is 15.4 Å². The first-order valence-corrected chi connectivity index (χ1v) is 10.2. The summed E-state index contributed by atoms with van der Waals surface area (Å²) in [5.74, 6) is -1.02. The summed E-state index contributed by atoms with van der Waals surface area (Å²) in [6.45, 7) is 1.98. The highest BCUT2D eigenvalue weighted by atomic mass is 16.5. The average molecular weight is 416 g/mol. The van der Waals surface area contributed by atoms with Gasteiger partial charge in [0.15, 0.2) is 0 Å². The van der Waals surface area contributed by atoms with E-state index in [1.165, 1.54) is 7.11 Å². The Balaban J connectivity index is 1.50. The molecule has 2 aliphatic heterocycles. The van der Waals surface area contributed by atoms with Gasteiger partial charge in [-0.1, -0.05) is 18.2 Å². The molecule has 162 valence electrons. The molecule has 3 rings (SSSR count). The van der Waals surface area contributed by atoms with Crippen LogP contribution >= 0.6 is 0 Å². The van der Waals surface area contributed by atoms with Gasteiger partial charge in [-0.05, 0) is 25.0 Å². The van der Waals surface area contributed by atoms with E-state index in [0.717, 1.165) is 5.69 Å². The number of methoxy groups -OCH3 is 1. The smallest absolute Gasteiger partial charge is 0.307 e. The molecule has 1 aromatic rings. The van der Waals surface area contributed by atoms with Crippen molar-refractivity contribution in [3.8, 4) is 0 Å². The Hall–Kier alpha value is -2.94. The molecule has 0 unspecified atom stereocenters. The fourth-order valence-electron chi connectivity index (χ4n) is 3.85. The van der Waals surface area contributed by atoms with Gasteiger partial charge in [-0.2, -0.15) is 0 Å². The number of hydrogen-bond donors (Lipinski definition) is 2. The number of piperidine rings is 1. The van der Waals surface area contributed by atoms with E-state index in [1.54, 1.807) is 9.80 Å². The van der Waals surface area contributed by atoms with Crippen molar-refractivity contribution in [1.29, 1.82) is 0 Å². The predicted molar refractivity (Wildman–Crippen MR) is 109 cm³/mol. The summed E-state index contributed by atoms with van der Waals surface area (Å²) < 4.78 is 4.67. The first-order valence-electron chi connectivity index (χ1n) is 10.2. The van der Waals surface area contributed by atoms with Crippen molar-refractivity contribution in [1.82, 2.24) is 15.1 Å². The molecule has 30 heavy (non-hydrogen) atoms. The minimum absolute atomic E-state index is 0.0286. The average Bonchev–Trinajstić information content (AvgIpc) is 2.76. The Morgan fingerprint density at radius 2 is 1.83 bits per heavy atom. The molecule has 1 aromatic carbocycles. The van der Waals surface area contributed by atoms with E-state index in [0.29, 0.717) is 39.0 Å². The molecule has 0 aromatic heterocycles. The Kier molecular flexibility index (Phi) is 7.40. The summed E-state index contributed by atoms with van der Waals surface area (Å²) in [6, 6.07) is 8.61. The van der Waals surface area contributed by atoms with E-state index < -0.39 is 12.0 Å². The van der Waals surface area contributed by atoms with Crippen molar-refractivity contribution in [2.24, 2.45) is 5.92 Å². The van der Waals surface area contributed by atoms with Gasteiger partial charge in [0.1, 0.15) is 6.04 Å². The Morgan fingerprint density at radius 1 is 1.13 bits per heavy atom. The van der Waals surface area contributed by atoms with Crippen LogP contribution in [0.5, 0.6) is 0 Å². The van der Waals surface area contributed by atoms with Crippen molar-refractivity contribution in [3.05, 3.63) is 30.3 Å². The van der Waals surface area contributed by atoms with Crippen LogP contribution in [0, 0.1) is 5.92 Å². The minimum atomic E-state index is -0.704. The number of benzene rings is 1. The van der Waals surface area contributed by atoms with Gasteiger partial charge >= 0.3 is 5.97 Å². The zero-order valence-electron chi connectivity index (χ0n) is 17.1. The van der Waals surface area contributed by atoms with Gasteiger partial charge in [0, 0.05) is 37.8 Å². The first kappa shape index (κ1) is 21.8. The third-order valence-corrected chi connectivity index (χ3v) is 5.63. The number of ether oxygens (including phenoxy) is 1. The molecule has 2 fully saturated rings. The van der Waals surface area contributed by atoms with Crippen molar-refractivity contribution in [2.75, 3.05) is 45.2 Å². The van der Waals surface area contributed by atoms with Crippen LogP contribution in [0.2, 0.25) is 0 Å². The van der Waals surface area contributed by atoms with Crippen molar-refractivity contribution in [3.63, 3.8) is 0 Å². The lowest BCUT2D eigenvalue weighted by Crippen LogP contribution is -2.58. The molecule has 2 heterocycles. The number of nitrogens with one attached hydrogen (secondary N) is 2. The molecule has 0 spiro atoms. The number of likely N-dealkylation sites (tertiary alicyclic amines) is 1. The molecule has 2 N–H and O–H groups in total. The van der Waals surface area contributed by atoms with Crippen LogP contribution in [-0.2, 0) is 23.9 Å². The summed E-state index contributed by atoms with van der Waals surface area (Å²) in [4.78, 5) is 52.5. The number of anilines is 1. The standard InChI is InChI=1S/C21H28N4O5/c1-30-19(27)13-17-21(29)22-9-12-25(17)14-18(26)24-10-7-15(8-11-24)20(28)23-16-5-3-2-4-6-16/h2-6,15,17H,7-14H2,1H3,(H,22,29)(H,23,28)/t17-/m1/s1. The zero-order valence-corrected chi connectivity index (χ0v) is 17.1. The second-order valence-electron chi connectivity index (χ2n) is 7.57. The normalized spacial score (nSPS) is 20.4. The number of hydrogen-bond acceptors (Lipinski definition) is 6. The van der Waals surface area contributed by atoms with E-state index in [4.69, 9.17) is 0 Å². The quantitative estimate of drug-likeness (QED) is 0.643. The van der Waals surface area contributed by atoms with Gasteiger partial charge in [-0.25, -0.2) is 0 Å². The summed E-state index contributed by atoms with van der Waals surface area (Å²) >= 11 is 0. The summed E-state index contributed by atoms with van der Waals surface area (Å²) in [6.07, 6.45) is 1.10. The number of piperazine rings is 1. The third-order valence-electron chi connectivity index (χ3n) is 5.63. The van der Waals surface area contributed by atoms with Crippen LogP contribution in [0.3, 0.4) is 0 Å². The Morgan fingerprint density at radius 3 is 2.50 bits per heavy atom. The number of para-hydroxylation sites is 1. The fraction of sp³-hybridized carbons (Fsp3) is 0.524. The monoisotopic (exact) mass is 416 g/mol. The lowest BCUT2D eigenvalue weighted by molar-refractivity contribution is -0.147. The van der Waals surface area contributed by atoms with Gasteiger partial charge in [-0.3, -0.25) is 24.1 Å². The molecule has 2 aliphatic rings. The molecule has 1 atom stereocenters. The van der Waals surface area contributed by atoms with Gasteiger partial charge in [0.05, 0.1) is 20.1 Å². The topological polar surface area (TPSA) is 108 Å². The number of nitrogens with zero attached hydrogens (tertiary/aromatic N) is 2. The van der Waals surface area contributed by atoms with Crippen molar-refractivity contribution < 1.29 is 23.9 Å². The highest BCUT2D eigenvalue weighted by Gasteiger charge is 2.35. The number of amides is 3. The van der Waals surface area contributed by atoms with E-state index in [-0.39, 0.29) is 36.6 Å².